The fraction of sp³-hybridized carbons (Fsp3) is 0.526. The summed E-state index contributed by atoms with van der Waals surface area (Å²) in [6, 6.07) is 5.10. The second kappa shape index (κ2) is 7.46. The van der Waals surface area contributed by atoms with Gasteiger partial charge in [-0.1, -0.05) is 0 Å². The zero-order valence-electron chi connectivity index (χ0n) is 15.9. The second-order valence-electron chi connectivity index (χ2n) is 6.90. The molecule has 1 saturated carbocycles. The molecule has 8 nitrogen and oxygen atoms in total. The number of rotatable bonds is 5. The Morgan fingerprint density at radius 3 is 2.15 bits per heavy atom. The third kappa shape index (κ3) is 3.70. The molecule has 1 aromatic rings. The number of anilines is 1. The maximum absolute atomic E-state index is 13.0. The number of benzene rings is 1. The Morgan fingerprint density at radius 1 is 1.00 bits per heavy atom. The Hall–Kier alpha value is -2.77. The average molecular weight is 375 g/mol. The number of hydrogen-bond donors (Lipinski definition) is 1. The highest BCUT2D eigenvalue weighted by Gasteiger charge is 2.58. The molecular formula is C19H25N3O5. The van der Waals surface area contributed by atoms with Crippen molar-refractivity contribution < 1.29 is 23.9 Å². The van der Waals surface area contributed by atoms with Crippen LogP contribution in [0.4, 0.5) is 5.69 Å². The molecule has 3 amide bonds. The van der Waals surface area contributed by atoms with Crippen molar-refractivity contribution in [1.29, 1.82) is 0 Å². The zero-order valence-corrected chi connectivity index (χ0v) is 15.9. The van der Waals surface area contributed by atoms with Crippen molar-refractivity contribution in [1.82, 2.24) is 9.80 Å². The molecule has 0 atom stereocenters. The van der Waals surface area contributed by atoms with Crippen molar-refractivity contribution in [2.24, 2.45) is 5.41 Å². The lowest BCUT2D eigenvalue weighted by Gasteiger charge is -2.35. The summed E-state index contributed by atoms with van der Waals surface area (Å²) >= 11 is 0. The Bertz CT molecular complexity index is 752. The first kappa shape index (κ1) is 19.0. The third-order valence-electron chi connectivity index (χ3n) is 5.26. The Labute approximate surface area is 158 Å². The van der Waals surface area contributed by atoms with E-state index in [0.717, 1.165) is 0 Å². The summed E-state index contributed by atoms with van der Waals surface area (Å²) in [6.45, 7) is 3.45. The van der Waals surface area contributed by atoms with Crippen LogP contribution < -0.4 is 14.8 Å². The van der Waals surface area contributed by atoms with E-state index in [4.69, 9.17) is 9.47 Å². The van der Waals surface area contributed by atoms with Crippen LogP contribution in [0.1, 0.15) is 19.8 Å². The molecule has 0 bridgehead atoms. The summed E-state index contributed by atoms with van der Waals surface area (Å²) in [6.07, 6.45) is 1.06. The van der Waals surface area contributed by atoms with Crippen molar-refractivity contribution in [3.05, 3.63) is 18.2 Å². The van der Waals surface area contributed by atoms with E-state index in [9.17, 15) is 14.4 Å². The molecular weight excluding hydrogens is 350 g/mol. The molecule has 0 aromatic heterocycles. The van der Waals surface area contributed by atoms with E-state index in [2.05, 4.69) is 5.32 Å². The van der Waals surface area contributed by atoms with Crippen LogP contribution in [-0.2, 0) is 14.4 Å². The molecule has 0 radical (unpaired) electrons. The average Bonchev–Trinajstić information content (AvgIpc) is 3.49. The Balaban J connectivity index is 1.68. The molecule has 146 valence electrons. The molecule has 0 unspecified atom stereocenters. The maximum Gasteiger partial charge on any atom is 0.240 e. The number of amides is 3. The van der Waals surface area contributed by atoms with Gasteiger partial charge in [-0.15, -0.1) is 0 Å². The van der Waals surface area contributed by atoms with Crippen molar-refractivity contribution in [3.8, 4) is 11.5 Å². The summed E-state index contributed by atoms with van der Waals surface area (Å²) in [5.74, 6) is 0.625. The molecule has 27 heavy (non-hydrogen) atoms. The van der Waals surface area contributed by atoms with Gasteiger partial charge in [0, 0.05) is 39.2 Å². The summed E-state index contributed by atoms with van der Waals surface area (Å²) < 4.78 is 10.5. The van der Waals surface area contributed by atoms with Crippen LogP contribution in [0.2, 0.25) is 0 Å². The third-order valence-corrected chi connectivity index (χ3v) is 5.26. The molecule has 1 heterocycles. The van der Waals surface area contributed by atoms with Crippen LogP contribution in [0.15, 0.2) is 18.2 Å². The fourth-order valence-electron chi connectivity index (χ4n) is 3.33. The van der Waals surface area contributed by atoms with Crippen LogP contribution >= 0.6 is 0 Å². The molecule has 1 aliphatic carbocycles. The lowest BCUT2D eigenvalue weighted by atomic mass is 10.0. The Morgan fingerprint density at radius 2 is 1.63 bits per heavy atom. The molecule has 2 fully saturated rings. The first-order valence-electron chi connectivity index (χ1n) is 8.99. The van der Waals surface area contributed by atoms with Crippen molar-refractivity contribution in [2.75, 3.05) is 45.7 Å². The lowest BCUT2D eigenvalue weighted by Crippen LogP contribution is -2.53. The highest BCUT2D eigenvalue weighted by molar-refractivity contribution is 6.13. The highest BCUT2D eigenvalue weighted by atomic mass is 16.5. The van der Waals surface area contributed by atoms with Crippen molar-refractivity contribution in [2.45, 2.75) is 19.8 Å². The van der Waals surface area contributed by atoms with Crippen molar-refractivity contribution >= 4 is 23.4 Å². The van der Waals surface area contributed by atoms with Gasteiger partial charge < -0.3 is 24.6 Å². The van der Waals surface area contributed by atoms with Crippen LogP contribution in [0.5, 0.6) is 11.5 Å². The van der Waals surface area contributed by atoms with Crippen LogP contribution in [0, 0.1) is 5.41 Å². The minimum Gasteiger partial charge on any atom is -0.497 e. The molecule has 2 aliphatic rings. The first-order chi connectivity index (χ1) is 12.9. The van der Waals surface area contributed by atoms with E-state index in [1.807, 2.05) is 0 Å². The number of hydrogen-bond acceptors (Lipinski definition) is 5. The zero-order chi connectivity index (χ0) is 19.6. The van der Waals surface area contributed by atoms with Crippen LogP contribution in [-0.4, -0.2) is 67.9 Å². The van der Waals surface area contributed by atoms with Gasteiger partial charge in [0.2, 0.25) is 17.7 Å². The number of carbonyl (C=O) groups is 3. The molecule has 3 rings (SSSR count). The number of ether oxygens (including phenoxy) is 2. The van der Waals surface area contributed by atoms with E-state index in [1.54, 1.807) is 35.1 Å². The van der Waals surface area contributed by atoms with E-state index in [0.29, 0.717) is 56.2 Å². The van der Waals surface area contributed by atoms with E-state index in [1.165, 1.54) is 14.0 Å². The van der Waals surface area contributed by atoms with E-state index in [-0.39, 0.29) is 17.7 Å². The summed E-state index contributed by atoms with van der Waals surface area (Å²) in [5.41, 5.74) is -0.507. The highest BCUT2D eigenvalue weighted by Crippen LogP contribution is 2.48. The second-order valence-corrected chi connectivity index (χ2v) is 6.90. The summed E-state index contributed by atoms with van der Waals surface area (Å²) in [4.78, 5) is 40.7. The van der Waals surface area contributed by atoms with Gasteiger partial charge in [0.1, 0.15) is 16.9 Å². The molecule has 1 N–H and O–H groups in total. The minimum absolute atomic E-state index is 0.00702. The van der Waals surface area contributed by atoms with Gasteiger partial charge in [0.15, 0.2) is 0 Å². The predicted octanol–water partition coefficient (Wildman–Crippen LogP) is 1.11. The van der Waals surface area contributed by atoms with Gasteiger partial charge in [-0.3, -0.25) is 14.4 Å². The summed E-state index contributed by atoms with van der Waals surface area (Å²) in [7, 11) is 3.06. The van der Waals surface area contributed by atoms with Gasteiger partial charge in [-0.25, -0.2) is 0 Å². The van der Waals surface area contributed by atoms with Gasteiger partial charge in [0.05, 0.1) is 19.9 Å². The minimum atomic E-state index is -1.01. The molecule has 1 aliphatic heterocycles. The molecule has 0 spiro atoms. The van der Waals surface area contributed by atoms with Gasteiger partial charge >= 0.3 is 0 Å². The Kier molecular flexibility index (Phi) is 5.25. The fourth-order valence-corrected chi connectivity index (χ4v) is 3.33. The number of piperazine rings is 1. The summed E-state index contributed by atoms with van der Waals surface area (Å²) in [5, 5.41) is 2.83. The van der Waals surface area contributed by atoms with Crippen LogP contribution in [0.3, 0.4) is 0 Å². The standard InChI is InChI=1S/C19H25N3O5/c1-13(23)21-8-10-22(11-9-21)18(25)19(6-7-19)17(24)20-15-5-4-14(26-2)12-16(15)27-3/h4-5,12H,6-11H2,1-3H3,(H,20,24). The number of carbonyl (C=O) groups excluding carboxylic acids is 3. The number of nitrogens with zero attached hydrogens (tertiary/aromatic N) is 2. The lowest BCUT2D eigenvalue weighted by molar-refractivity contribution is -0.146. The largest absolute Gasteiger partial charge is 0.497 e. The monoisotopic (exact) mass is 375 g/mol. The maximum atomic E-state index is 13.0. The number of methoxy groups -OCH3 is 2. The first-order valence-corrected chi connectivity index (χ1v) is 8.99. The van der Waals surface area contributed by atoms with E-state index >= 15 is 0 Å². The molecule has 1 saturated heterocycles. The topological polar surface area (TPSA) is 88.2 Å². The molecule has 1 aromatic carbocycles. The molecule has 8 heteroatoms. The van der Waals surface area contributed by atoms with Gasteiger partial charge in [0.25, 0.3) is 0 Å². The number of nitrogens with one attached hydrogen (secondary N) is 1. The SMILES string of the molecule is COc1ccc(NC(=O)C2(C(=O)N3CCN(C(C)=O)CC3)CC2)c(OC)c1. The van der Waals surface area contributed by atoms with Crippen LogP contribution in [0.25, 0.3) is 0 Å². The smallest absolute Gasteiger partial charge is 0.240 e. The predicted molar refractivity (Wildman–Crippen MR) is 98.7 cm³/mol. The van der Waals surface area contributed by atoms with Gasteiger partial charge in [-0.05, 0) is 25.0 Å². The van der Waals surface area contributed by atoms with Gasteiger partial charge in [-0.2, -0.15) is 0 Å². The van der Waals surface area contributed by atoms with E-state index < -0.39 is 5.41 Å². The normalized spacial score (nSPS) is 17.9. The van der Waals surface area contributed by atoms with Crippen molar-refractivity contribution in [3.63, 3.8) is 0 Å². The quantitative estimate of drug-likeness (QED) is 0.779.